The van der Waals surface area contributed by atoms with Crippen LogP contribution in [-0.4, -0.2) is 0 Å². The molecule has 0 aliphatic rings. The summed E-state index contributed by atoms with van der Waals surface area (Å²) in [6, 6.07) is 8.13. The van der Waals surface area contributed by atoms with Gasteiger partial charge in [0, 0.05) is 10.9 Å². The zero-order valence-corrected chi connectivity index (χ0v) is 9.08. The van der Waals surface area contributed by atoms with Crippen molar-refractivity contribution in [2.24, 2.45) is 5.84 Å². The van der Waals surface area contributed by atoms with Crippen LogP contribution < -0.4 is 11.3 Å². The molecule has 0 fully saturated rings. The van der Waals surface area contributed by atoms with Crippen LogP contribution in [0.1, 0.15) is 31.2 Å². The summed E-state index contributed by atoms with van der Waals surface area (Å²) < 4.78 is 5.80. The lowest BCUT2D eigenvalue weighted by molar-refractivity contribution is 0.454. The maximum Gasteiger partial charge on any atom is 0.134 e. The highest BCUT2D eigenvalue weighted by atomic mass is 16.3. The average molecular weight is 204 g/mol. The molecule has 1 atom stereocenters. The number of rotatable bonds is 3. The Morgan fingerprint density at radius 3 is 2.80 bits per heavy atom. The van der Waals surface area contributed by atoms with Gasteiger partial charge < -0.3 is 4.42 Å². The van der Waals surface area contributed by atoms with E-state index < -0.39 is 0 Å². The molecule has 2 aromatic rings. The van der Waals surface area contributed by atoms with Crippen molar-refractivity contribution >= 4 is 11.0 Å². The molecular weight excluding hydrogens is 188 g/mol. The number of nitrogens with one attached hydrogen (secondary N) is 1. The zero-order chi connectivity index (χ0) is 10.8. The smallest absolute Gasteiger partial charge is 0.134 e. The van der Waals surface area contributed by atoms with E-state index in [9.17, 15) is 0 Å². The van der Waals surface area contributed by atoms with Gasteiger partial charge in [0.05, 0.1) is 6.04 Å². The number of hydrogen-bond donors (Lipinski definition) is 2. The molecule has 1 heterocycles. The largest absolute Gasteiger partial charge is 0.459 e. The molecule has 2 rings (SSSR count). The molecule has 0 unspecified atom stereocenters. The van der Waals surface area contributed by atoms with Crippen LogP contribution in [-0.2, 0) is 6.42 Å². The maximum absolute atomic E-state index is 5.80. The Labute approximate surface area is 89.2 Å². The number of hydrogen-bond acceptors (Lipinski definition) is 3. The molecule has 1 aromatic heterocycles. The summed E-state index contributed by atoms with van der Waals surface area (Å²) in [7, 11) is 0. The van der Waals surface area contributed by atoms with Crippen molar-refractivity contribution in [2.75, 3.05) is 0 Å². The standard InChI is InChI=1S/C12H16N2O/c1-3-9-10-6-4-5-7-11(10)15-12(9)8(2)14-13/h4-8,14H,3,13H2,1-2H3/t8-/m1/s1. The van der Waals surface area contributed by atoms with E-state index >= 15 is 0 Å². The molecule has 3 nitrogen and oxygen atoms in total. The fourth-order valence-corrected chi connectivity index (χ4v) is 1.91. The van der Waals surface area contributed by atoms with Crippen LogP contribution in [0.5, 0.6) is 0 Å². The Balaban J connectivity index is 2.63. The summed E-state index contributed by atoms with van der Waals surface area (Å²) >= 11 is 0. The summed E-state index contributed by atoms with van der Waals surface area (Å²) in [4.78, 5) is 0. The van der Waals surface area contributed by atoms with E-state index in [1.807, 2.05) is 25.1 Å². The van der Waals surface area contributed by atoms with Crippen molar-refractivity contribution in [3.05, 3.63) is 35.6 Å². The highest BCUT2D eigenvalue weighted by Gasteiger charge is 2.16. The summed E-state index contributed by atoms with van der Waals surface area (Å²) in [6.07, 6.45) is 0.957. The second kappa shape index (κ2) is 4.04. The van der Waals surface area contributed by atoms with Gasteiger partial charge in [-0.1, -0.05) is 25.1 Å². The van der Waals surface area contributed by atoms with Gasteiger partial charge in [-0.05, 0) is 19.4 Å². The van der Waals surface area contributed by atoms with Crippen molar-refractivity contribution in [3.8, 4) is 0 Å². The number of para-hydroxylation sites is 1. The molecule has 0 spiro atoms. The first-order valence-corrected chi connectivity index (χ1v) is 5.24. The van der Waals surface area contributed by atoms with Crippen LogP contribution in [0.2, 0.25) is 0 Å². The van der Waals surface area contributed by atoms with Gasteiger partial charge in [-0.25, -0.2) is 0 Å². The Hall–Kier alpha value is -1.32. The van der Waals surface area contributed by atoms with Gasteiger partial charge >= 0.3 is 0 Å². The molecule has 15 heavy (non-hydrogen) atoms. The first-order chi connectivity index (χ1) is 7.27. The minimum atomic E-state index is 0.0485. The van der Waals surface area contributed by atoms with E-state index in [2.05, 4.69) is 18.4 Å². The predicted octanol–water partition coefficient (Wildman–Crippen LogP) is 2.52. The minimum Gasteiger partial charge on any atom is -0.459 e. The van der Waals surface area contributed by atoms with Crippen LogP contribution >= 0.6 is 0 Å². The molecule has 3 N–H and O–H groups in total. The first-order valence-electron chi connectivity index (χ1n) is 5.24. The highest BCUT2D eigenvalue weighted by molar-refractivity contribution is 5.82. The Morgan fingerprint density at radius 2 is 2.13 bits per heavy atom. The van der Waals surface area contributed by atoms with E-state index in [0.29, 0.717) is 0 Å². The van der Waals surface area contributed by atoms with Gasteiger partial charge in [-0.2, -0.15) is 0 Å². The number of aryl methyl sites for hydroxylation is 1. The number of furan rings is 1. The Bertz CT molecular complexity index is 462. The molecule has 0 aliphatic carbocycles. The molecule has 0 radical (unpaired) electrons. The monoisotopic (exact) mass is 204 g/mol. The summed E-state index contributed by atoms with van der Waals surface area (Å²) in [6.45, 7) is 4.13. The quantitative estimate of drug-likeness (QED) is 0.596. The van der Waals surface area contributed by atoms with E-state index in [-0.39, 0.29) is 6.04 Å². The minimum absolute atomic E-state index is 0.0485. The molecule has 0 aliphatic heterocycles. The lowest BCUT2D eigenvalue weighted by Gasteiger charge is -2.08. The summed E-state index contributed by atoms with van der Waals surface area (Å²) in [5, 5.41) is 1.19. The molecule has 80 valence electrons. The molecule has 3 heteroatoms. The van der Waals surface area contributed by atoms with Crippen molar-refractivity contribution < 1.29 is 4.42 Å². The summed E-state index contributed by atoms with van der Waals surface area (Å²) in [5.74, 6) is 6.39. The fourth-order valence-electron chi connectivity index (χ4n) is 1.91. The number of hydrazine groups is 1. The van der Waals surface area contributed by atoms with E-state index in [1.165, 1.54) is 10.9 Å². The second-order valence-corrected chi connectivity index (χ2v) is 3.68. The van der Waals surface area contributed by atoms with Crippen LogP contribution in [0.4, 0.5) is 0 Å². The van der Waals surface area contributed by atoms with Crippen LogP contribution in [0.25, 0.3) is 11.0 Å². The van der Waals surface area contributed by atoms with Crippen molar-refractivity contribution in [1.82, 2.24) is 5.43 Å². The van der Waals surface area contributed by atoms with Gasteiger partial charge in [-0.15, -0.1) is 0 Å². The van der Waals surface area contributed by atoms with Crippen molar-refractivity contribution in [2.45, 2.75) is 26.3 Å². The van der Waals surface area contributed by atoms with Gasteiger partial charge in [-0.3, -0.25) is 11.3 Å². The Kier molecular flexibility index (Phi) is 2.75. The van der Waals surface area contributed by atoms with Gasteiger partial charge in [0.2, 0.25) is 0 Å². The second-order valence-electron chi connectivity index (χ2n) is 3.68. The van der Waals surface area contributed by atoms with Crippen molar-refractivity contribution in [3.63, 3.8) is 0 Å². The normalized spacial score (nSPS) is 13.3. The predicted molar refractivity (Wildman–Crippen MR) is 61.3 cm³/mol. The van der Waals surface area contributed by atoms with Gasteiger partial charge in [0.25, 0.3) is 0 Å². The van der Waals surface area contributed by atoms with E-state index in [4.69, 9.17) is 10.3 Å². The molecule has 0 amide bonds. The third-order valence-corrected chi connectivity index (χ3v) is 2.73. The maximum atomic E-state index is 5.80. The number of benzene rings is 1. The highest BCUT2D eigenvalue weighted by Crippen LogP contribution is 2.29. The third kappa shape index (κ3) is 1.64. The van der Waals surface area contributed by atoms with E-state index in [0.717, 1.165) is 17.8 Å². The average Bonchev–Trinajstić information content (AvgIpc) is 2.66. The number of nitrogens with two attached hydrogens (primary N) is 1. The summed E-state index contributed by atoms with van der Waals surface area (Å²) in [5.41, 5.74) is 4.91. The molecule has 0 saturated carbocycles. The number of fused-ring (bicyclic) bond motifs is 1. The van der Waals surface area contributed by atoms with Crippen molar-refractivity contribution in [1.29, 1.82) is 0 Å². The molecule has 1 aromatic carbocycles. The molecule has 0 bridgehead atoms. The lowest BCUT2D eigenvalue weighted by Crippen LogP contribution is -2.25. The van der Waals surface area contributed by atoms with Crippen LogP contribution in [0.3, 0.4) is 0 Å². The SMILES string of the molecule is CCc1c([C@@H](C)NN)oc2ccccc12. The van der Waals surface area contributed by atoms with Gasteiger partial charge in [0.15, 0.2) is 0 Å². The van der Waals surface area contributed by atoms with Gasteiger partial charge in [0.1, 0.15) is 11.3 Å². The van der Waals surface area contributed by atoms with Crippen LogP contribution in [0.15, 0.2) is 28.7 Å². The van der Waals surface area contributed by atoms with Crippen LogP contribution in [0, 0.1) is 0 Å². The zero-order valence-electron chi connectivity index (χ0n) is 9.08. The topological polar surface area (TPSA) is 51.2 Å². The molecule has 0 saturated heterocycles. The Morgan fingerprint density at radius 1 is 1.40 bits per heavy atom. The third-order valence-electron chi connectivity index (χ3n) is 2.73. The lowest BCUT2D eigenvalue weighted by atomic mass is 10.1. The van der Waals surface area contributed by atoms with E-state index in [1.54, 1.807) is 0 Å². The first kappa shape index (κ1) is 10.2. The fraction of sp³-hybridized carbons (Fsp3) is 0.333. The molecular formula is C12H16N2O.